The number of aliphatic hydroxyl groups is 1. The van der Waals surface area contributed by atoms with E-state index in [-0.39, 0.29) is 0 Å². The lowest BCUT2D eigenvalue weighted by atomic mass is 9.97. The number of halogens is 3. The highest BCUT2D eigenvalue weighted by Crippen LogP contribution is 2.40. The van der Waals surface area contributed by atoms with Gasteiger partial charge in [0.25, 0.3) is 0 Å². The van der Waals surface area contributed by atoms with E-state index < -0.39 is 29.6 Å². The van der Waals surface area contributed by atoms with Crippen molar-refractivity contribution in [1.82, 2.24) is 5.32 Å². The smallest absolute Gasteiger partial charge is 0.425 e. The zero-order valence-electron chi connectivity index (χ0n) is 12.1. The van der Waals surface area contributed by atoms with Crippen LogP contribution in [0.1, 0.15) is 26.5 Å². The standard InChI is InChI=1S/C15H18F3NO2/c1-13(2,3)19-9-14(20,15(16,17)18)12-8-10-6-4-5-7-11(10)21-12/h4-8,19-20H,9H2,1-3H3. The molecule has 2 N–H and O–H groups in total. The number of hydrogen-bond acceptors (Lipinski definition) is 3. The lowest BCUT2D eigenvalue weighted by Crippen LogP contribution is -2.53. The molecule has 0 bridgehead atoms. The van der Waals surface area contributed by atoms with Crippen LogP contribution in [0.2, 0.25) is 0 Å². The SMILES string of the molecule is CC(C)(C)NCC(O)(c1cc2ccccc2o1)C(F)(F)F. The number of nitrogens with one attached hydrogen (secondary N) is 1. The fourth-order valence-corrected chi connectivity index (χ4v) is 1.91. The molecule has 0 aliphatic carbocycles. The molecular weight excluding hydrogens is 283 g/mol. The van der Waals surface area contributed by atoms with Crippen molar-refractivity contribution in [2.24, 2.45) is 0 Å². The molecular formula is C15H18F3NO2. The van der Waals surface area contributed by atoms with Gasteiger partial charge in [0.05, 0.1) is 0 Å². The van der Waals surface area contributed by atoms with Gasteiger partial charge in [-0.25, -0.2) is 0 Å². The van der Waals surface area contributed by atoms with Gasteiger partial charge in [0.2, 0.25) is 5.60 Å². The van der Waals surface area contributed by atoms with Crippen LogP contribution in [0.25, 0.3) is 11.0 Å². The molecule has 0 radical (unpaired) electrons. The highest BCUT2D eigenvalue weighted by Gasteiger charge is 2.57. The summed E-state index contributed by atoms with van der Waals surface area (Å²) in [5, 5.41) is 13.4. The number of β-amino-alcohol motifs (C(OH)–C–C–N with tert-alkyl or cyclic N) is 1. The van der Waals surface area contributed by atoms with Gasteiger partial charge in [-0.05, 0) is 32.9 Å². The number of furan rings is 1. The van der Waals surface area contributed by atoms with Crippen molar-refractivity contribution >= 4 is 11.0 Å². The van der Waals surface area contributed by atoms with Crippen LogP contribution in [0.3, 0.4) is 0 Å². The first-order chi connectivity index (χ1) is 9.53. The van der Waals surface area contributed by atoms with Crippen LogP contribution >= 0.6 is 0 Å². The first-order valence-electron chi connectivity index (χ1n) is 6.56. The molecule has 0 amide bonds. The van der Waals surface area contributed by atoms with Gasteiger partial charge >= 0.3 is 6.18 Å². The lowest BCUT2D eigenvalue weighted by molar-refractivity contribution is -0.270. The highest BCUT2D eigenvalue weighted by molar-refractivity contribution is 5.78. The zero-order valence-corrected chi connectivity index (χ0v) is 12.1. The van der Waals surface area contributed by atoms with E-state index in [9.17, 15) is 18.3 Å². The van der Waals surface area contributed by atoms with Crippen molar-refractivity contribution < 1.29 is 22.7 Å². The van der Waals surface area contributed by atoms with E-state index in [2.05, 4.69) is 5.32 Å². The highest BCUT2D eigenvalue weighted by atomic mass is 19.4. The fraction of sp³-hybridized carbons (Fsp3) is 0.467. The first kappa shape index (κ1) is 15.9. The molecule has 2 rings (SSSR count). The molecule has 1 aromatic heterocycles. The third-order valence-electron chi connectivity index (χ3n) is 3.18. The summed E-state index contributed by atoms with van der Waals surface area (Å²) in [6.07, 6.45) is -4.85. The van der Waals surface area contributed by atoms with Crippen molar-refractivity contribution in [3.05, 3.63) is 36.1 Å². The number of para-hydroxylation sites is 1. The van der Waals surface area contributed by atoms with Crippen LogP contribution in [0.4, 0.5) is 13.2 Å². The first-order valence-corrected chi connectivity index (χ1v) is 6.56. The molecule has 1 heterocycles. The van der Waals surface area contributed by atoms with E-state index in [4.69, 9.17) is 4.42 Å². The molecule has 0 aliphatic heterocycles. The Morgan fingerprint density at radius 1 is 1.14 bits per heavy atom. The predicted octanol–water partition coefficient (Wildman–Crippen LogP) is 3.57. The molecule has 1 atom stereocenters. The quantitative estimate of drug-likeness (QED) is 0.911. The van der Waals surface area contributed by atoms with Gasteiger partial charge in [0.1, 0.15) is 11.3 Å². The Balaban J connectivity index is 2.44. The molecule has 6 heteroatoms. The van der Waals surface area contributed by atoms with Gasteiger partial charge in [0.15, 0.2) is 0 Å². The maximum atomic E-state index is 13.3. The van der Waals surface area contributed by atoms with Crippen LogP contribution < -0.4 is 5.32 Å². The molecule has 116 valence electrons. The van der Waals surface area contributed by atoms with Crippen LogP contribution in [-0.4, -0.2) is 23.4 Å². The number of rotatable bonds is 3. The Morgan fingerprint density at radius 2 is 1.76 bits per heavy atom. The van der Waals surface area contributed by atoms with Gasteiger partial charge < -0.3 is 14.8 Å². The summed E-state index contributed by atoms with van der Waals surface area (Å²) in [6.45, 7) is 4.49. The van der Waals surface area contributed by atoms with Crippen molar-refractivity contribution in [3.63, 3.8) is 0 Å². The third kappa shape index (κ3) is 3.22. The fourth-order valence-electron chi connectivity index (χ4n) is 1.91. The van der Waals surface area contributed by atoms with Gasteiger partial charge in [-0.15, -0.1) is 0 Å². The van der Waals surface area contributed by atoms with E-state index in [1.807, 2.05) is 0 Å². The van der Waals surface area contributed by atoms with Crippen LogP contribution in [0.15, 0.2) is 34.7 Å². The summed E-state index contributed by atoms with van der Waals surface area (Å²) in [5.41, 5.74) is -3.32. The summed E-state index contributed by atoms with van der Waals surface area (Å²) < 4.78 is 45.2. The Morgan fingerprint density at radius 3 is 2.29 bits per heavy atom. The van der Waals surface area contributed by atoms with Gasteiger partial charge in [-0.3, -0.25) is 0 Å². The summed E-state index contributed by atoms with van der Waals surface area (Å²) >= 11 is 0. The number of fused-ring (bicyclic) bond motifs is 1. The number of hydrogen-bond donors (Lipinski definition) is 2. The van der Waals surface area contributed by atoms with Crippen molar-refractivity contribution in [1.29, 1.82) is 0 Å². The predicted molar refractivity (Wildman–Crippen MR) is 73.9 cm³/mol. The van der Waals surface area contributed by atoms with E-state index >= 15 is 0 Å². The number of alkyl halides is 3. The summed E-state index contributed by atoms with van der Waals surface area (Å²) in [6, 6.07) is 7.79. The van der Waals surface area contributed by atoms with Crippen LogP contribution in [0, 0.1) is 0 Å². The van der Waals surface area contributed by atoms with Crippen molar-refractivity contribution in [3.8, 4) is 0 Å². The summed E-state index contributed by atoms with van der Waals surface area (Å²) in [7, 11) is 0. The number of benzene rings is 1. The minimum atomic E-state index is -4.85. The maximum Gasteiger partial charge on any atom is 0.425 e. The average Bonchev–Trinajstić information content (AvgIpc) is 2.77. The average molecular weight is 301 g/mol. The summed E-state index contributed by atoms with van der Waals surface area (Å²) in [4.78, 5) is 0. The Kier molecular flexibility index (Phi) is 3.80. The van der Waals surface area contributed by atoms with Crippen LogP contribution in [0.5, 0.6) is 0 Å². The minimum absolute atomic E-state index is 0.311. The maximum absolute atomic E-state index is 13.3. The Hall–Kier alpha value is -1.53. The molecule has 0 aliphatic rings. The van der Waals surface area contributed by atoms with Crippen molar-refractivity contribution in [2.75, 3.05) is 6.54 Å². The van der Waals surface area contributed by atoms with Gasteiger partial charge in [-0.2, -0.15) is 13.2 Å². The Labute approximate surface area is 120 Å². The monoisotopic (exact) mass is 301 g/mol. The van der Waals surface area contributed by atoms with E-state index in [0.717, 1.165) is 0 Å². The van der Waals surface area contributed by atoms with Crippen LogP contribution in [-0.2, 0) is 5.60 Å². The normalized spacial score (nSPS) is 16.1. The molecule has 0 saturated heterocycles. The molecule has 0 fully saturated rings. The molecule has 1 aromatic carbocycles. The molecule has 2 aromatic rings. The second-order valence-electron chi connectivity index (χ2n) is 6.11. The second-order valence-corrected chi connectivity index (χ2v) is 6.11. The molecule has 1 unspecified atom stereocenters. The van der Waals surface area contributed by atoms with Gasteiger partial charge in [0, 0.05) is 17.5 Å². The minimum Gasteiger partial charge on any atom is -0.458 e. The van der Waals surface area contributed by atoms with Crippen molar-refractivity contribution in [2.45, 2.75) is 38.1 Å². The van der Waals surface area contributed by atoms with E-state index in [0.29, 0.717) is 11.0 Å². The lowest BCUT2D eigenvalue weighted by Gasteiger charge is -2.32. The molecule has 0 spiro atoms. The molecule has 3 nitrogen and oxygen atoms in total. The Bertz CT molecular complexity index is 595. The van der Waals surface area contributed by atoms with E-state index in [1.165, 1.54) is 6.07 Å². The zero-order chi connectivity index (χ0) is 15.9. The third-order valence-corrected chi connectivity index (χ3v) is 3.18. The second kappa shape index (κ2) is 5.03. The molecule has 21 heavy (non-hydrogen) atoms. The largest absolute Gasteiger partial charge is 0.458 e. The van der Waals surface area contributed by atoms with E-state index in [1.54, 1.807) is 45.0 Å². The molecule has 0 saturated carbocycles. The van der Waals surface area contributed by atoms with Gasteiger partial charge in [-0.1, -0.05) is 18.2 Å². The summed E-state index contributed by atoms with van der Waals surface area (Å²) in [5.74, 6) is -0.507. The topological polar surface area (TPSA) is 45.4 Å².